The molecule has 1 saturated heterocycles. The monoisotopic (exact) mass is 335 g/mol. The minimum absolute atomic E-state index is 0.0547. The third-order valence-electron chi connectivity index (χ3n) is 3.94. The van der Waals surface area contributed by atoms with Gasteiger partial charge in [-0.15, -0.1) is 0 Å². The average molecular weight is 336 g/mol. The van der Waals surface area contributed by atoms with Crippen molar-refractivity contribution in [3.63, 3.8) is 0 Å². The number of hydrogen-bond acceptors (Lipinski definition) is 3. The summed E-state index contributed by atoms with van der Waals surface area (Å²) in [5.41, 5.74) is 1.83. The van der Waals surface area contributed by atoms with E-state index < -0.39 is 0 Å². The van der Waals surface area contributed by atoms with E-state index in [1.54, 1.807) is 28.9 Å². The molecule has 1 aromatic carbocycles. The second-order valence-corrected chi connectivity index (χ2v) is 6.17. The van der Waals surface area contributed by atoms with Crippen molar-refractivity contribution in [3.8, 4) is 0 Å². The lowest BCUT2D eigenvalue weighted by Gasteiger charge is -2.33. The Labute approximate surface area is 142 Å². The summed E-state index contributed by atoms with van der Waals surface area (Å²) in [4.78, 5) is 29.0. The van der Waals surface area contributed by atoms with Crippen LogP contribution in [0.25, 0.3) is 6.08 Å². The van der Waals surface area contributed by atoms with E-state index in [0.717, 1.165) is 11.3 Å². The van der Waals surface area contributed by atoms with E-state index in [1.165, 1.54) is 0 Å². The van der Waals surface area contributed by atoms with Gasteiger partial charge in [0.1, 0.15) is 0 Å². The van der Waals surface area contributed by atoms with Crippen LogP contribution in [-0.2, 0) is 9.59 Å². The van der Waals surface area contributed by atoms with Crippen LogP contribution < -0.4 is 4.90 Å². The Bertz CT molecular complexity index is 620. The maximum Gasteiger partial charge on any atom is 0.246 e. The number of hydrogen-bond donors (Lipinski definition) is 0. The molecule has 1 fully saturated rings. The molecule has 2 amide bonds. The Kier molecular flexibility index (Phi) is 5.66. The SMILES string of the molecule is CC(=O)N1CCN(C(=O)/C=C/c2ccc(N(C)C)cc2Cl)CC1. The van der Waals surface area contributed by atoms with Crippen molar-refractivity contribution >= 4 is 35.2 Å². The predicted octanol–water partition coefficient (Wildman–Crippen LogP) is 2.11. The molecule has 0 atom stereocenters. The van der Waals surface area contributed by atoms with Crippen LogP contribution in [0.2, 0.25) is 5.02 Å². The third-order valence-corrected chi connectivity index (χ3v) is 4.27. The molecular weight excluding hydrogens is 314 g/mol. The number of halogens is 1. The fourth-order valence-electron chi connectivity index (χ4n) is 2.44. The quantitative estimate of drug-likeness (QED) is 0.795. The maximum atomic E-state index is 12.2. The number of nitrogens with zero attached hydrogens (tertiary/aromatic N) is 3. The molecule has 1 aliphatic rings. The highest BCUT2D eigenvalue weighted by atomic mass is 35.5. The highest BCUT2D eigenvalue weighted by molar-refractivity contribution is 6.32. The summed E-state index contributed by atoms with van der Waals surface area (Å²) < 4.78 is 0. The maximum absolute atomic E-state index is 12.2. The van der Waals surface area contributed by atoms with Crippen LogP contribution in [0.15, 0.2) is 24.3 Å². The third kappa shape index (κ3) is 4.48. The number of benzene rings is 1. The van der Waals surface area contributed by atoms with E-state index in [-0.39, 0.29) is 11.8 Å². The molecule has 0 unspecified atom stereocenters. The first-order valence-electron chi connectivity index (χ1n) is 7.58. The summed E-state index contributed by atoms with van der Waals surface area (Å²) in [5, 5.41) is 0.613. The van der Waals surface area contributed by atoms with Crippen LogP contribution in [0.1, 0.15) is 12.5 Å². The number of amides is 2. The summed E-state index contributed by atoms with van der Waals surface area (Å²) >= 11 is 6.25. The Morgan fingerprint density at radius 2 is 1.74 bits per heavy atom. The number of carbonyl (C=O) groups excluding carboxylic acids is 2. The van der Waals surface area contributed by atoms with E-state index in [2.05, 4.69) is 0 Å². The van der Waals surface area contributed by atoms with Gasteiger partial charge in [0.2, 0.25) is 11.8 Å². The van der Waals surface area contributed by atoms with Crippen molar-refractivity contribution in [2.24, 2.45) is 0 Å². The number of piperazine rings is 1. The molecule has 1 aromatic rings. The van der Waals surface area contributed by atoms with Gasteiger partial charge in [-0.3, -0.25) is 9.59 Å². The van der Waals surface area contributed by atoms with Crippen LogP contribution in [0.4, 0.5) is 5.69 Å². The van der Waals surface area contributed by atoms with Crippen molar-refractivity contribution in [2.75, 3.05) is 45.2 Å². The normalized spacial score (nSPS) is 15.1. The second kappa shape index (κ2) is 7.51. The first kappa shape index (κ1) is 17.3. The number of anilines is 1. The van der Waals surface area contributed by atoms with E-state index >= 15 is 0 Å². The van der Waals surface area contributed by atoms with Gasteiger partial charge in [0.05, 0.1) is 0 Å². The van der Waals surface area contributed by atoms with Crippen LogP contribution in [-0.4, -0.2) is 61.9 Å². The molecule has 0 bridgehead atoms. The molecule has 0 N–H and O–H groups in total. The van der Waals surface area contributed by atoms with Gasteiger partial charge in [-0.05, 0) is 23.8 Å². The van der Waals surface area contributed by atoms with E-state index in [0.29, 0.717) is 31.2 Å². The molecule has 124 valence electrons. The predicted molar refractivity (Wildman–Crippen MR) is 93.6 cm³/mol. The number of rotatable bonds is 3. The smallest absolute Gasteiger partial charge is 0.246 e. The molecule has 23 heavy (non-hydrogen) atoms. The minimum atomic E-state index is -0.0547. The second-order valence-electron chi connectivity index (χ2n) is 5.76. The first-order chi connectivity index (χ1) is 10.9. The summed E-state index contributed by atoms with van der Waals surface area (Å²) in [6.07, 6.45) is 3.28. The number of carbonyl (C=O) groups is 2. The van der Waals surface area contributed by atoms with Crippen molar-refractivity contribution in [1.82, 2.24) is 9.80 Å². The zero-order valence-electron chi connectivity index (χ0n) is 13.8. The fraction of sp³-hybridized carbons (Fsp3) is 0.412. The van der Waals surface area contributed by atoms with Crippen molar-refractivity contribution < 1.29 is 9.59 Å². The van der Waals surface area contributed by atoms with Crippen LogP contribution in [0.3, 0.4) is 0 Å². The Morgan fingerprint density at radius 1 is 1.13 bits per heavy atom. The Morgan fingerprint density at radius 3 is 2.26 bits per heavy atom. The lowest BCUT2D eigenvalue weighted by Crippen LogP contribution is -2.49. The lowest BCUT2D eigenvalue weighted by atomic mass is 10.1. The fourth-order valence-corrected chi connectivity index (χ4v) is 2.68. The summed E-state index contributed by atoms with van der Waals surface area (Å²) in [5.74, 6) is 0.00126. The minimum Gasteiger partial charge on any atom is -0.378 e. The first-order valence-corrected chi connectivity index (χ1v) is 7.95. The van der Waals surface area contributed by atoms with Crippen molar-refractivity contribution in [3.05, 3.63) is 34.9 Å². The van der Waals surface area contributed by atoms with Crippen LogP contribution >= 0.6 is 11.6 Å². The molecule has 2 rings (SSSR count). The van der Waals surface area contributed by atoms with Gasteiger partial charge in [-0.25, -0.2) is 0 Å². The van der Waals surface area contributed by atoms with E-state index in [4.69, 9.17) is 11.6 Å². The summed E-state index contributed by atoms with van der Waals surface area (Å²) in [6, 6.07) is 5.73. The van der Waals surface area contributed by atoms with Gasteiger partial charge in [-0.2, -0.15) is 0 Å². The Hall–Kier alpha value is -2.01. The van der Waals surface area contributed by atoms with Crippen LogP contribution in [0.5, 0.6) is 0 Å². The van der Waals surface area contributed by atoms with Crippen molar-refractivity contribution in [1.29, 1.82) is 0 Å². The molecule has 1 heterocycles. The molecule has 0 aromatic heterocycles. The molecule has 0 aliphatic carbocycles. The van der Waals surface area contributed by atoms with Gasteiger partial charge in [0.15, 0.2) is 0 Å². The van der Waals surface area contributed by atoms with Gasteiger partial charge in [0.25, 0.3) is 0 Å². The van der Waals surface area contributed by atoms with Gasteiger partial charge < -0.3 is 14.7 Å². The zero-order chi connectivity index (χ0) is 17.0. The molecule has 6 heteroatoms. The van der Waals surface area contributed by atoms with Crippen molar-refractivity contribution in [2.45, 2.75) is 6.92 Å². The molecule has 0 radical (unpaired) electrons. The van der Waals surface area contributed by atoms with E-state index in [1.807, 2.05) is 37.2 Å². The van der Waals surface area contributed by atoms with Gasteiger partial charge in [0, 0.05) is 64.0 Å². The highest BCUT2D eigenvalue weighted by Gasteiger charge is 2.20. The van der Waals surface area contributed by atoms with Gasteiger partial charge >= 0.3 is 0 Å². The molecule has 0 saturated carbocycles. The Balaban J connectivity index is 1.98. The topological polar surface area (TPSA) is 43.9 Å². The van der Waals surface area contributed by atoms with Crippen LogP contribution in [0, 0.1) is 0 Å². The van der Waals surface area contributed by atoms with Gasteiger partial charge in [-0.1, -0.05) is 17.7 Å². The summed E-state index contributed by atoms with van der Waals surface area (Å²) in [7, 11) is 3.90. The largest absolute Gasteiger partial charge is 0.378 e. The summed E-state index contributed by atoms with van der Waals surface area (Å²) in [6.45, 7) is 3.86. The average Bonchev–Trinajstić information content (AvgIpc) is 2.53. The molecule has 0 spiro atoms. The lowest BCUT2D eigenvalue weighted by molar-refractivity contribution is -0.135. The highest BCUT2D eigenvalue weighted by Crippen LogP contribution is 2.23. The standard InChI is InChI=1S/C17H22ClN3O2/c1-13(22)20-8-10-21(11-9-20)17(23)7-5-14-4-6-15(19(2)3)12-16(14)18/h4-7,12H,8-11H2,1-3H3/b7-5+. The molecular formula is C17H22ClN3O2. The molecule has 1 aliphatic heterocycles. The van der Waals surface area contributed by atoms with E-state index in [9.17, 15) is 9.59 Å². The molecule has 5 nitrogen and oxygen atoms in total. The zero-order valence-corrected chi connectivity index (χ0v) is 14.5.